The third-order valence-electron chi connectivity index (χ3n) is 3.07. The van der Waals surface area contributed by atoms with Gasteiger partial charge < -0.3 is 14.6 Å². The van der Waals surface area contributed by atoms with Crippen LogP contribution < -0.4 is 0 Å². The van der Waals surface area contributed by atoms with Crippen LogP contribution in [0.5, 0.6) is 0 Å². The Morgan fingerprint density at radius 2 is 2.35 bits per heavy atom. The van der Waals surface area contributed by atoms with Crippen LogP contribution >= 0.6 is 0 Å². The highest BCUT2D eigenvalue weighted by Gasteiger charge is 2.23. The molecule has 0 aromatic carbocycles. The van der Waals surface area contributed by atoms with E-state index in [2.05, 4.69) is 31.9 Å². The molecule has 1 aliphatic heterocycles. The number of likely N-dealkylation sites (N-methyl/N-ethyl adjacent to an activating group) is 1. The second kappa shape index (κ2) is 4.05. The largest absolute Gasteiger partial charge is 0.368 e. The molecule has 6 nitrogen and oxygen atoms in total. The molecule has 0 saturated carbocycles. The van der Waals surface area contributed by atoms with Gasteiger partial charge in [0.25, 0.3) is 0 Å². The van der Waals surface area contributed by atoms with E-state index in [1.54, 1.807) is 0 Å². The molecule has 1 atom stereocenters. The minimum atomic E-state index is 0.00218. The lowest BCUT2D eigenvalue weighted by molar-refractivity contribution is -0.0249. The number of ether oxygens (including phenoxy) is 1. The third-order valence-corrected chi connectivity index (χ3v) is 3.07. The van der Waals surface area contributed by atoms with Crippen LogP contribution in [-0.4, -0.2) is 51.6 Å². The van der Waals surface area contributed by atoms with Crippen molar-refractivity contribution in [3.8, 4) is 0 Å². The van der Waals surface area contributed by atoms with Crippen molar-refractivity contribution in [2.45, 2.75) is 13.0 Å². The quantitative estimate of drug-likeness (QED) is 0.784. The molecule has 17 heavy (non-hydrogen) atoms. The van der Waals surface area contributed by atoms with Gasteiger partial charge in [-0.25, -0.2) is 15.0 Å². The van der Waals surface area contributed by atoms with Crippen LogP contribution in [0, 0.1) is 6.92 Å². The van der Waals surface area contributed by atoms with Crippen molar-refractivity contribution in [2.24, 2.45) is 0 Å². The Morgan fingerprint density at radius 1 is 1.47 bits per heavy atom. The predicted molar refractivity (Wildman–Crippen MR) is 62.6 cm³/mol. The first-order valence-corrected chi connectivity index (χ1v) is 5.71. The van der Waals surface area contributed by atoms with Gasteiger partial charge in [-0.15, -0.1) is 0 Å². The summed E-state index contributed by atoms with van der Waals surface area (Å²) in [6, 6.07) is 0. The Hall–Kier alpha value is -1.53. The zero-order valence-electron chi connectivity index (χ0n) is 9.97. The Balaban J connectivity index is 1.97. The smallest absolute Gasteiger partial charge is 0.181 e. The molecule has 1 aliphatic rings. The molecular formula is C11H15N5O. The Bertz CT molecular complexity index is 538. The molecule has 3 heterocycles. The number of fused-ring (bicyclic) bond motifs is 1. The maximum Gasteiger partial charge on any atom is 0.181 e. The first-order chi connectivity index (χ1) is 8.24. The molecule has 1 saturated heterocycles. The number of aromatic nitrogens is 4. The summed E-state index contributed by atoms with van der Waals surface area (Å²) in [7, 11) is 2.09. The van der Waals surface area contributed by atoms with Crippen LogP contribution in [0.4, 0.5) is 0 Å². The maximum absolute atomic E-state index is 5.72. The van der Waals surface area contributed by atoms with Gasteiger partial charge in [-0.1, -0.05) is 0 Å². The van der Waals surface area contributed by atoms with Gasteiger partial charge in [-0.05, 0) is 14.0 Å². The Kier molecular flexibility index (Phi) is 2.53. The molecule has 0 aliphatic carbocycles. The van der Waals surface area contributed by atoms with E-state index in [0.717, 1.165) is 36.7 Å². The molecular weight excluding hydrogens is 218 g/mol. The predicted octanol–water partition coefficient (Wildman–Crippen LogP) is 0.664. The first-order valence-electron chi connectivity index (χ1n) is 5.71. The molecule has 2 aromatic heterocycles. The minimum Gasteiger partial charge on any atom is -0.368 e. The van der Waals surface area contributed by atoms with Gasteiger partial charge in [0.05, 0.1) is 12.3 Å². The van der Waals surface area contributed by atoms with Crippen molar-refractivity contribution < 1.29 is 4.74 Å². The first kappa shape index (κ1) is 10.6. The summed E-state index contributed by atoms with van der Waals surface area (Å²) in [6.45, 7) is 4.50. The van der Waals surface area contributed by atoms with E-state index in [1.807, 2.05) is 6.92 Å². The van der Waals surface area contributed by atoms with Crippen LogP contribution in [0.2, 0.25) is 0 Å². The SMILES string of the molecule is Cc1ncnc2nc([C@@H]3CN(C)CCO3)[nH]c12. The van der Waals surface area contributed by atoms with Gasteiger partial charge >= 0.3 is 0 Å². The zero-order valence-corrected chi connectivity index (χ0v) is 9.97. The number of nitrogens with zero attached hydrogens (tertiary/aromatic N) is 4. The van der Waals surface area contributed by atoms with Crippen molar-refractivity contribution in [3.05, 3.63) is 17.8 Å². The van der Waals surface area contributed by atoms with Crippen molar-refractivity contribution >= 4 is 11.2 Å². The molecule has 3 rings (SSSR count). The summed E-state index contributed by atoms with van der Waals surface area (Å²) >= 11 is 0. The second-order valence-corrected chi connectivity index (χ2v) is 4.40. The number of nitrogens with one attached hydrogen (secondary N) is 1. The highest BCUT2D eigenvalue weighted by molar-refractivity contribution is 5.72. The fourth-order valence-corrected chi connectivity index (χ4v) is 2.06. The lowest BCUT2D eigenvalue weighted by atomic mass is 10.3. The summed E-state index contributed by atoms with van der Waals surface area (Å²) in [5, 5.41) is 0. The van der Waals surface area contributed by atoms with Gasteiger partial charge in [0, 0.05) is 13.1 Å². The minimum absolute atomic E-state index is 0.00218. The fourth-order valence-electron chi connectivity index (χ4n) is 2.06. The second-order valence-electron chi connectivity index (χ2n) is 4.40. The number of rotatable bonds is 1. The standard InChI is InChI=1S/C11H15N5O/c1-7-9-11(13-6-12-7)15-10(14-9)8-5-16(2)3-4-17-8/h6,8H,3-5H2,1-2H3,(H,12,13,14,15)/t8-/m0/s1. The number of hydrogen-bond acceptors (Lipinski definition) is 5. The normalized spacial score (nSPS) is 22.1. The molecule has 0 unspecified atom stereocenters. The van der Waals surface area contributed by atoms with Gasteiger partial charge in [-0.2, -0.15) is 0 Å². The zero-order chi connectivity index (χ0) is 11.8. The number of imidazole rings is 1. The molecule has 90 valence electrons. The summed E-state index contributed by atoms with van der Waals surface area (Å²) in [6.07, 6.45) is 1.54. The van der Waals surface area contributed by atoms with E-state index < -0.39 is 0 Å². The van der Waals surface area contributed by atoms with Crippen molar-refractivity contribution in [1.29, 1.82) is 0 Å². The summed E-state index contributed by atoms with van der Waals surface area (Å²) in [4.78, 5) is 18.3. The highest BCUT2D eigenvalue weighted by Crippen LogP contribution is 2.21. The summed E-state index contributed by atoms with van der Waals surface area (Å²) < 4.78 is 5.72. The lowest BCUT2D eigenvalue weighted by Gasteiger charge is -2.28. The molecule has 2 aromatic rings. The third kappa shape index (κ3) is 1.89. The van der Waals surface area contributed by atoms with Crippen LogP contribution in [0.3, 0.4) is 0 Å². The van der Waals surface area contributed by atoms with E-state index in [0.29, 0.717) is 5.65 Å². The molecule has 0 radical (unpaired) electrons. The van der Waals surface area contributed by atoms with E-state index >= 15 is 0 Å². The van der Waals surface area contributed by atoms with Gasteiger partial charge in [0.2, 0.25) is 0 Å². The molecule has 1 N–H and O–H groups in total. The number of aromatic amines is 1. The molecule has 1 fully saturated rings. The molecule has 0 bridgehead atoms. The van der Waals surface area contributed by atoms with E-state index in [-0.39, 0.29) is 6.10 Å². The fraction of sp³-hybridized carbons (Fsp3) is 0.545. The lowest BCUT2D eigenvalue weighted by Crippen LogP contribution is -2.35. The van der Waals surface area contributed by atoms with Crippen molar-refractivity contribution in [3.63, 3.8) is 0 Å². The van der Waals surface area contributed by atoms with Gasteiger partial charge in [0.15, 0.2) is 5.65 Å². The van der Waals surface area contributed by atoms with Crippen molar-refractivity contribution in [2.75, 3.05) is 26.7 Å². The Labute approximate surface area is 99.0 Å². The van der Waals surface area contributed by atoms with Gasteiger partial charge in [-0.3, -0.25) is 0 Å². The van der Waals surface area contributed by atoms with Gasteiger partial charge in [0.1, 0.15) is 23.8 Å². The Morgan fingerprint density at radius 3 is 3.12 bits per heavy atom. The van der Waals surface area contributed by atoms with E-state index in [4.69, 9.17) is 4.74 Å². The topological polar surface area (TPSA) is 66.9 Å². The number of H-pyrrole nitrogens is 1. The van der Waals surface area contributed by atoms with Crippen molar-refractivity contribution in [1.82, 2.24) is 24.8 Å². The maximum atomic E-state index is 5.72. The monoisotopic (exact) mass is 233 g/mol. The average molecular weight is 233 g/mol. The van der Waals surface area contributed by atoms with E-state index in [9.17, 15) is 0 Å². The summed E-state index contributed by atoms with van der Waals surface area (Å²) in [5.41, 5.74) is 2.53. The molecule has 0 amide bonds. The number of morpholine rings is 1. The number of aryl methyl sites for hydroxylation is 1. The van der Waals surface area contributed by atoms with Crippen LogP contribution in [0.1, 0.15) is 17.6 Å². The average Bonchev–Trinajstić information content (AvgIpc) is 2.74. The van der Waals surface area contributed by atoms with E-state index in [1.165, 1.54) is 6.33 Å². The van der Waals surface area contributed by atoms with Crippen LogP contribution in [0.25, 0.3) is 11.2 Å². The number of hydrogen-bond donors (Lipinski definition) is 1. The highest BCUT2D eigenvalue weighted by atomic mass is 16.5. The summed E-state index contributed by atoms with van der Waals surface area (Å²) in [5.74, 6) is 0.843. The van der Waals surface area contributed by atoms with Crippen LogP contribution in [-0.2, 0) is 4.74 Å². The molecule has 6 heteroatoms. The van der Waals surface area contributed by atoms with Crippen LogP contribution in [0.15, 0.2) is 6.33 Å². The molecule has 0 spiro atoms.